The van der Waals surface area contributed by atoms with Crippen LogP contribution in [-0.4, -0.2) is 55.5 Å². The normalized spacial score (nSPS) is 39.4. The third kappa shape index (κ3) is 2.23. The highest BCUT2D eigenvalue weighted by atomic mass is 16.6. The lowest BCUT2D eigenvalue weighted by Gasteiger charge is -2.17. The van der Waals surface area contributed by atoms with Gasteiger partial charge in [-0.05, 0) is 6.42 Å². The van der Waals surface area contributed by atoms with Crippen LogP contribution in [0.25, 0.3) is 0 Å². The minimum absolute atomic E-state index is 0.0632. The van der Waals surface area contributed by atoms with E-state index in [0.29, 0.717) is 6.42 Å². The molecule has 0 aromatic carbocycles. The second-order valence-electron chi connectivity index (χ2n) is 3.32. The van der Waals surface area contributed by atoms with Crippen molar-refractivity contribution in [3.8, 4) is 0 Å². The molecule has 13 heavy (non-hydrogen) atoms. The number of hydrogen-bond donors (Lipinski definition) is 2. The quantitative estimate of drug-likeness (QED) is 0.553. The minimum Gasteiger partial charge on any atom is -0.396 e. The summed E-state index contributed by atoms with van der Waals surface area (Å²) in [5, 5.41) is 18.5. The molecule has 0 radical (unpaired) electrons. The first-order chi connectivity index (χ1) is 6.24. The van der Waals surface area contributed by atoms with Gasteiger partial charge in [-0.3, -0.25) is 0 Å². The Kier molecular flexibility index (Phi) is 4.19. The summed E-state index contributed by atoms with van der Waals surface area (Å²) in [5.74, 6) is 0. The van der Waals surface area contributed by atoms with Crippen LogP contribution in [-0.2, 0) is 9.47 Å². The van der Waals surface area contributed by atoms with Crippen molar-refractivity contribution in [3.05, 3.63) is 0 Å². The van der Waals surface area contributed by atoms with Crippen LogP contribution in [0.5, 0.6) is 0 Å². The number of aliphatic hydroxyl groups excluding tert-OH is 2. The van der Waals surface area contributed by atoms with Gasteiger partial charge in [0.25, 0.3) is 0 Å². The van der Waals surface area contributed by atoms with Crippen LogP contribution in [0.3, 0.4) is 0 Å². The van der Waals surface area contributed by atoms with Crippen molar-refractivity contribution in [1.29, 1.82) is 0 Å². The average molecular weight is 188 g/mol. The van der Waals surface area contributed by atoms with Gasteiger partial charge in [0.05, 0.1) is 12.1 Å². The van der Waals surface area contributed by atoms with Crippen molar-refractivity contribution < 1.29 is 19.7 Å². The zero-order valence-electron chi connectivity index (χ0n) is 8.14. The van der Waals surface area contributed by atoms with Crippen LogP contribution in [0, 0.1) is 0 Å². The van der Waals surface area contributed by atoms with E-state index in [1.807, 2.05) is 6.82 Å². The summed E-state index contributed by atoms with van der Waals surface area (Å²) in [5.41, 5.74) is 0. The Morgan fingerprint density at radius 2 is 2.23 bits per heavy atom. The topological polar surface area (TPSA) is 58.9 Å². The molecule has 0 spiro atoms. The monoisotopic (exact) mass is 188 g/mol. The van der Waals surface area contributed by atoms with E-state index in [2.05, 4.69) is 0 Å². The zero-order valence-corrected chi connectivity index (χ0v) is 8.14. The Morgan fingerprint density at radius 3 is 2.69 bits per heavy atom. The van der Waals surface area contributed by atoms with Crippen LogP contribution >= 0.6 is 0 Å². The molecule has 1 unspecified atom stereocenters. The molecule has 0 saturated carbocycles. The van der Waals surface area contributed by atoms with Crippen molar-refractivity contribution in [2.24, 2.45) is 0 Å². The van der Waals surface area contributed by atoms with Gasteiger partial charge in [-0.1, -0.05) is 6.82 Å². The van der Waals surface area contributed by atoms with Gasteiger partial charge in [-0.2, -0.15) is 0 Å². The first-order valence-corrected chi connectivity index (χ1v) is 4.71. The van der Waals surface area contributed by atoms with E-state index < -0.39 is 6.10 Å². The molecular weight excluding hydrogens is 171 g/mol. The molecule has 0 aliphatic carbocycles. The summed E-state index contributed by atoms with van der Waals surface area (Å²) in [6.45, 7) is 2.02. The standard InChI is InChI=1S/C8H17BO4/c1-9-8-6(11)7(12-2)5(13-8)3-4-10/h5-11H,3-4H2,1-2H3/t5-,6-,7?,8-/m1/s1. The molecule has 1 aliphatic heterocycles. The Labute approximate surface area is 79.1 Å². The van der Waals surface area contributed by atoms with E-state index in [0.717, 1.165) is 7.28 Å². The molecule has 0 aromatic heterocycles. The molecule has 1 fully saturated rings. The summed E-state index contributed by atoms with van der Waals surface area (Å²) < 4.78 is 10.7. The van der Waals surface area contributed by atoms with Crippen LogP contribution in [0.2, 0.25) is 6.82 Å². The number of ether oxygens (including phenoxy) is 2. The highest BCUT2D eigenvalue weighted by Gasteiger charge is 2.42. The molecule has 1 aliphatic rings. The lowest BCUT2D eigenvalue weighted by atomic mass is 9.72. The van der Waals surface area contributed by atoms with E-state index in [4.69, 9.17) is 14.6 Å². The van der Waals surface area contributed by atoms with E-state index >= 15 is 0 Å². The average Bonchev–Trinajstić information content (AvgIpc) is 2.43. The fraction of sp³-hybridized carbons (Fsp3) is 1.00. The summed E-state index contributed by atoms with van der Waals surface area (Å²) in [6, 6.07) is -0.151. The maximum Gasteiger partial charge on any atom is 0.158 e. The molecule has 0 aromatic rings. The van der Waals surface area contributed by atoms with Crippen LogP contribution in [0.15, 0.2) is 0 Å². The maximum absolute atomic E-state index is 9.71. The van der Waals surface area contributed by atoms with Crippen LogP contribution in [0.1, 0.15) is 6.42 Å². The highest BCUT2D eigenvalue weighted by Crippen LogP contribution is 2.24. The molecule has 1 rings (SSSR count). The van der Waals surface area contributed by atoms with Gasteiger partial charge in [-0.25, -0.2) is 0 Å². The Hall–Kier alpha value is -0.0951. The molecule has 5 heteroatoms. The maximum atomic E-state index is 9.71. The molecular formula is C8H17BO4. The van der Waals surface area contributed by atoms with Crippen molar-refractivity contribution in [1.82, 2.24) is 0 Å². The number of aliphatic hydroxyl groups is 2. The number of hydrogen-bond acceptors (Lipinski definition) is 4. The fourth-order valence-corrected chi connectivity index (χ4v) is 1.80. The second kappa shape index (κ2) is 4.95. The van der Waals surface area contributed by atoms with Crippen molar-refractivity contribution in [2.75, 3.05) is 13.7 Å². The number of rotatable bonds is 4. The molecule has 0 bridgehead atoms. The molecule has 2 N–H and O–H groups in total. The lowest BCUT2D eigenvalue weighted by Crippen LogP contribution is -2.36. The van der Waals surface area contributed by atoms with Gasteiger partial charge in [0.15, 0.2) is 7.28 Å². The molecule has 76 valence electrons. The van der Waals surface area contributed by atoms with E-state index in [-0.39, 0.29) is 24.8 Å². The van der Waals surface area contributed by atoms with Crippen molar-refractivity contribution in [3.63, 3.8) is 0 Å². The van der Waals surface area contributed by atoms with Gasteiger partial charge in [0.1, 0.15) is 12.2 Å². The van der Waals surface area contributed by atoms with Gasteiger partial charge in [0.2, 0.25) is 0 Å². The highest BCUT2D eigenvalue weighted by molar-refractivity contribution is 6.35. The minimum atomic E-state index is -0.563. The van der Waals surface area contributed by atoms with E-state index in [1.165, 1.54) is 0 Å². The van der Waals surface area contributed by atoms with Crippen LogP contribution in [0.4, 0.5) is 0 Å². The van der Waals surface area contributed by atoms with Gasteiger partial charge in [-0.15, -0.1) is 0 Å². The summed E-state index contributed by atoms with van der Waals surface area (Å²) in [6.07, 6.45) is -0.509. The van der Waals surface area contributed by atoms with E-state index in [1.54, 1.807) is 7.11 Å². The summed E-state index contributed by atoms with van der Waals surface area (Å²) in [4.78, 5) is 0. The Balaban J connectivity index is 2.55. The van der Waals surface area contributed by atoms with E-state index in [9.17, 15) is 5.11 Å². The predicted octanol–water partition coefficient (Wildman–Crippen LogP) is -1.05. The molecule has 1 saturated heterocycles. The number of methoxy groups -OCH3 is 1. The lowest BCUT2D eigenvalue weighted by molar-refractivity contribution is -0.0183. The molecule has 1 heterocycles. The van der Waals surface area contributed by atoms with Gasteiger partial charge >= 0.3 is 0 Å². The Morgan fingerprint density at radius 1 is 1.54 bits per heavy atom. The summed E-state index contributed by atoms with van der Waals surface area (Å²) >= 11 is 0. The smallest absolute Gasteiger partial charge is 0.158 e. The zero-order chi connectivity index (χ0) is 9.84. The largest absolute Gasteiger partial charge is 0.396 e. The molecule has 4 atom stereocenters. The third-order valence-corrected chi connectivity index (χ3v) is 2.52. The van der Waals surface area contributed by atoms with Crippen molar-refractivity contribution in [2.45, 2.75) is 37.6 Å². The van der Waals surface area contributed by atoms with Crippen molar-refractivity contribution >= 4 is 7.28 Å². The Bertz CT molecular complexity index is 155. The predicted molar refractivity (Wildman–Crippen MR) is 50.2 cm³/mol. The van der Waals surface area contributed by atoms with Gasteiger partial charge < -0.3 is 19.7 Å². The fourth-order valence-electron chi connectivity index (χ4n) is 1.80. The first kappa shape index (κ1) is 11.0. The summed E-state index contributed by atoms with van der Waals surface area (Å²) in [7, 11) is 2.32. The van der Waals surface area contributed by atoms with Crippen LogP contribution < -0.4 is 0 Å². The first-order valence-electron chi connectivity index (χ1n) is 4.71. The third-order valence-electron chi connectivity index (χ3n) is 2.52. The molecule has 4 nitrogen and oxygen atoms in total. The molecule has 0 amide bonds. The van der Waals surface area contributed by atoms with Gasteiger partial charge in [0, 0.05) is 13.7 Å². The SMILES string of the molecule is CB[C@@H]1O[C@H](CCO)C(OC)[C@H]1O. The second-order valence-corrected chi connectivity index (χ2v) is 3.32.